The van der Waals surface area contributed by atoms with Crippen molar-refractivity contribution in [3.05, 3.63) is 29.6 Å². The van der Waals surface area contributed by atoms with E-state index < -0.39 is 0 Å². The van der Waals surface area contributed by atoms with E-state index in [4.69, 9.17) is 10.5 Å². The van der Waals surface area contributed by atoms with E-state index in [0.29, 0.717) is 5.13 Å². The Bertz CT molecular complexity index is 508. The van der Waals surface area contributed by atoms with Crippen molar-refractivity contribution in [3.8, 4) is 17.0 Å². The molecule has 0 saturated heterocycles. The first-order valence-corrected chi connectivity index (χ1v) is 7.12. The fraction of sp³-hybridized carbons (Fsp3) is 0.357. The highest BCUT2D eigenvalue weighted by atomic mass is 32.1. The number of rotatable bonds is 6. The molecule has 0 aliphatic heterocycles. The van der Waals surface area contributed by atoms with E-state index in [9.17, 15) is 0 Å². The highest BCUT2D eigenvalue weighted by Gasteiger charge is 2.02. The molecule has 2 rings (SSSR count). The minimum atomic E-state index is 0.596. The third-order valence-electron chi connectivity index (χ3n) is 2.69. The minimum absolute atomic E-state index is 0.596. The quantitative estimate of drug-likeness (QED) is 0.825. The molecule has 1 heterocycles. The Morgan fingerprint density at radius 2 is 2.00 bits per heavy atom. The molecule has 0 aliphatic carbocycles. The summed E-state index contributed by atoms with van der Waals surface area (Å²) in [5, 5.41) is 2.56. The fourth-order valence-corrected chi connectivity index (χ4v) is 2.29. The molecule has 1 aromatic heterocycles. The smallest absolute Gasteiger partial charge is 0.180 e. The van der Waals surface area contributed by atoms with Crippen molar-refractivity contribution in [1.82, 2.24) is 9.88 Å². The molecule has 2 N–H and O–H groups in total. The summed E-state index contributed by atoms with van der Waals surface area (Å²) in [4.78, 5) is 6.41. The van der Waals surface area contributed by atoms with Gasteiger partial charge in [-0.15, -0.1) is 11.3 Å². The Kier molecular flexibility index (Phi) is 4.76. The topological polar surface area (TPSA) is 51.4 Å². The van der Waals surface area contributed by atoms with Crippen molar-refractivity contribution >= 4 is 16.5 Å². The summed E-state index contributed by atoms with van der Waals surface area (Å²) in [6.07, 6.45) is 1.03. The van der Waals surface area contributed by atoms with Gasteiger partial charge >= 0.3 is 0 Å². The minimum Gasteiger partial charge on any atom is -0.494 e. The van der Waals surface area contributed by atoms with E-state index in [2.05, 4.69) is 24.0 Å². The average Bonchev–Trinajstić information content (AvgIpc) is 2.82. The molecule has 19 heavy (non-hydrogen) atoms. The Labute approximate surface area is 117 Å². The predicted octanol–water partition coefficient (Wildman–Crippen LogP) is 2.72. The van der Waals surface area contributed by atoms with Crippen molar-refractivity contribution in [2.75, 3.05) is 33.0 Å². The van der Waals surface area contributed by atoms with Gasteiger partial charge in [0, 0.05) is 17.5 Å². The van der Waals surface area contributed by atoms with E-state index >= 15 is 0 Å². The number of ether oxygens (including phenoxy) is 1. The van der Waals surface area contributed by atoms with Crippen LogP contribution in [0.5, 0.6) is 5.75 Å². The van der Waals surface area contributed by atoms with Gasteiger partial charge in [-0.3, -0.25) is 0 Å². The zero-order chi connectivity index (χ0) is 13.7. The van der Waals surface area contributed by atoms with E-state index in [1.54, 1.807) is 0 Å². The van der Waals surface area contributed by atoms with Gasteiger partial charge in [0.2, 0.25) is 0 Å². The lowest BCUT2D eigenvalue weighted by atomic mass is 10.2. The molecule has 0 spiro atoms. The first-order chi connectivity index (χ1) is 9.15. The van der Waals surface area contributed by atoms with Crippen LogP contribution in [0.25, 0.3) is 11.3 Å². The monoisotopic (exact) mass is 277 g/mol. The molecule has 5 heteroatoms. The van der Waals surface area contributed by atoms with Gasteiger partial charge in [0.25, 0.3) is 0 Å². The molecule has 0 radical (unpaired) electrons. The summed E-state index contributed by atoms with van der Waals surface area (Å²) in [6, 6.07) is 7.96. The van der Waals surface area contributed by atoms with Crippen molar-refractivity contribution in [3.63, 3.8) is 0 Å². The number of nitrogens with zero attached hydrogens (tertiary/aromatic N) is 2. The second-order valence-electron chi connectivity index (χ2n) is 4.60. The fourth-order valence-electron chi connectivity index (χ4n) is 1.71. The highest BCUT2D eigenvalue weighted by Crippen LogP contribution is 2.24. The Morgan fingerprint density at radius 3 is 2.58 bits per heavy atom. The molecular weight excluding hydrogens is 258 g/mol. The van der Waals surface area contributed by atoms with E-state index in [-0.39, 0.29) is 0 Å². The van der Waals surface area contributed by atoms with Crippen LogP contribution in [-0.2, 0) is 0 Å². The van der Waals surface area contributed by atoms with E-state index in [1.165, 1.54) is 11.3 Å². The first kappa shape index (κ1) is 13.8. The number of nitrogens with two attached hydrogens (primary N) is 1. The first-order valence-electron chi connectivity index (χ1n) is 6.24. The number of hydrogen-bond donors (Lipinski definition) is 1. The van der Waals surface area contributed by atoms with Crippen LogP contribution in [-0.4, -0.2) is 37.1 Å². The summed E-state index contributed by atoms with van der Waals surface area (Å²) in [5.74, 6) is 0.894. The molecule has 0 atom stereocenters. The second kappa shape index (κ2) is 6.54. The molecule has 0 bridgehead atoms. The Balaban J connectivity index is 1.88. The van der Waals surface area contributed by atoms with Gasteiger partial charge in [-0.25, -0.2) is 4.98 Å². The molecule has 0 amide bonds. The second-order valence-corrected chi connectivity index (χ2v) is 5.49. The summed E-state index contributed by atoms with van der Waals surface area (Å²) in [6.45, 7) is 1.78. The van der Waals surface area contributed by atoms with Crippen LogP contribution in [0.4, 0.5) is 5.13 Å². The molecule has 0 fully saturated rings. The maximum absolute atomic E-state index is 5.68. The highest BCUT2D eigenvalue weighted by molar-refractivity contribution is 7.13. The molecule has 2 aromatic rings. The maximum Gasteiger partial charge on any atom is 0.180 e. The van der Waals surface area contributed by atoms with Crippen LogP contribution in [0, 0.1) is 0 Å². The molecule has 1 aromatic carbocycles. The lowest BCUT2D eigenvalue weighted by Crippen LogP contribution is -2.15. The summed E-state index contributed by atoms with van der Waals surface area (Å²) in [5.41, 5.74) is 7.61. The van der Waals surface area contributed by atoms with Gasteiger partial charge in [-0.2, -0.15) is 0 Å². The summed E-state index contributed by atoms with van der Waals surface area (Å²) >= 11 is 1.45. The maximum atomic E-state index is 5.68. The molecular formula is C14H19N3OS. The van der Waals surface area contributed by atoms with Gasteiger partial charge in [0.05, 0.1) is 12.3 Å². The number of nitrogen functional groups attached to an aromatic ring is 1. The van der Waals surface area contributed by atoms with Crippen LogP contribution < -0.4 is 10.5 Å². The SMILES string of the molecule is CN(C)CCCOc1ccc(-c2csc(N)n2)cc1. The zero-order valence-corrected chi connectivity index (χ0v) is 12.1. The van der Waals surface area contributed by atoms with E-state index in [0.717, 1.165) is 36.6 Å². The normalized spacial score (nSPS) is 10.9. The van der Waals surface area contributed by atoms with Gasteiger partial charge < -0.3 is 15.4 Å². The van der Waals surface area contributed by atoms with Crippen LogP contribution in [0.15, 0.2) is 29.6 Å². The summed E-state index contributed by atoms with van der Waals surface area (Å²) in [7, 11) is 4.13. The van der Waals surface area contributed by atoms with Crippen LogP contribution in [0.1, 0.15) is 6.42 Å². The lowest BCUT2D eigenvalue weighted by molar-refractivity contribution is 0.281. The molecule has 0 unspecified atom stereocenters. The van der Waals surface area contributed by atoms with Gasteiger partial charge in [-0.1, -0.05) is 0 Å². The Hall–Kier alpha value is -1.59. The van der Waals surface area contributed by atoms with Crippen LogP contribution in [0.3, 0.4) is 0 Å². The average molecular weight is 277 g/mol. The largest absolute Gasteiger partial charge is 0.494 e. The standard InChI is InChI=1S/C14H19N3OS/c1-17(2)8-3-9-18-12-6-4-11(5-7-12)13-10-19-14(15)16-13/h4-7,10H,3,8-9H2,1-2H3,(H2,15,16). The van der Waals surface area contributed by atoms with Crippen molar-refractivity contribution in [2.24, 2.45) is 0 Å². The van der Waals surface area contributed by atoms with Crippen molar-refractivity contribution in [1.29, 1.82) is 0 Å². The number of aromatic nitrogens is 1. The predicted molar refractivity (Wildman–Crippen MR) is 80.6 cm³/mol. The molecule has 4 nitrogen and oxygen atoms in total. The summed E-state index contributed by atoms with van der Waals surface area (Å²) < 4.78 is 5.68. The van der Waals surface area contributed by atoms with E-state index in [1.807, 2.05) is 29.6 Å². The number of benzene rings is 1. The van der Waals surface area contributed by atoms with Crippen molar-refractivity contribution in [2.45, 2.75) is 6.42 Å². The Morgan fingerprint density at radius 1 is 1.26 bits per heavy atom. The van der Waals surface area contributed by atoms with Crippen molar-refractivity contribution < 1.29 is 4.74 Å². The molecule has 0 aliphatic rings. The van der Waals surface area contributed by atoms with Gasteiger partial charge in [-0.05, 0) is 44.8 Å². The van der Waals surface area contributed by atoms with Crippen LogP contribution >= 0.6 is 11.3 Å². The lowest BCUT2D eigenvalue weighted by Gasteiger charge is -2.10. The third-order valence-corrected chi connectivity index (χ3v) is 3.36. The number of thiazole rings is 1. The zero-order valence-electron chi connectivity index (χ0n) is 11.3. The third kappa shape index (κ3) is 4.22. The number of anilines is 1. The molecule has 102 valence electrons. The van der Waals surface area contributed by atoms with Crippen LogP contribution in [0.2, 0.25) is 0 Å². The van der Waals surface area contributed by atoms with Gasteiger partial charge in [0.15, 0.2) is 5.13 Å². The number of hydrogen-bond acceptors (Lipinski definition) is 5. The molecule has 0 saturated carbocycles. The van der Waals surface area contributed by atoms with Gasteiger partial charge in [0.1, 0.15) is 5.75 Å².